The summed E-state index contributed by atoms with van der Waals surface area (Å²) >= 11 is 0. The van der Waals surface area contributed by atoms with Crippen LogP contribution >= 0.6 is 0 Å². The van der Waals surface area contributed by atoms with Crippen LogP contribution in [0.5, 0.6) is 5.75 Å². The molecule has 0 saturated heterocycles. The Morgan fingerprint density at radius 3 is 2.50 bits per heavy atom. The van der Waals surface area contributed by atoms with E-state index in [1.807, 2.05) is 25.1 Å². The molecule has 6 nitrogen and oxygen atoms in total. The Bertz CT molecular complexity index is 728. The highest BCUT2D eigenvalue weighted by Crippen LogP contribution is 2.39. The molecule has 1 aliphatic rings. The fourth-order valence-electron chi connectivity index (χ4n) is 5.12. The van der Waals surface area contributed by atoms with E-state index < -0.39 is 6.09 Å². The van der Waals surface area contributed by atoms with Crippen molar-refractivity contribution in [3.8, 4) is 5.75 Å². The number of ether oxygens (including phenoxy) is 2. The average Bonchev–Trinajstić information content (AvgIpc) is 2.73. The summed E-state index contributed by atoms with van der Waals surface area (Å²) in [6, 6.07) is 7.87. The lowest BCUT2D eigenvalue weighted by atomic mass is 9.72. The zero-order chi connectivity index (χ0) is 23.6. The van der Waals surface area contributed by atoms with Gasteiger partial charge in [-0.15, -0.1) is 0 Å². The van der Waals surface area contributed by atoms with Gasteiger partial charge in [0, 0.05) is 13.1 Å². The average molecular weight is 447 g/mol. The van der Waals surface area contributed by atoms with Crippen LogP contribution in [0.4, 0.5) is 4.79 Å². The second-order valence-electron chi connectivity index (χ2n) is 9.61. The van der Waals surface area contributed by atoms with Crippen LogP contribution in [0, 0.1) is 11.3 Å². The molecule has 1 aromatic carbocycles. The normalized spacial score (nSPS) is 17.4. The van der Waals surface area contributed by atoms with E-state index >= 15 is 0 Å². The summed E-state index contributed by atoms with van der Waals surface area (Å²) in [5.41, 5.74) is 0.957. The molecule has 0 aromatic heterocycles. The highest BCUT2D eigenvalue weighted by molar-refractivity contribution is 5.72. The molecule has 0 bridgehead atoms. The van der Waals surface area contributed by atoms with Crippen molar-refractivity contribution in [3.63, 3.8) is 0 Å². The summed E-state index contributed by atoms with van der Waals surface area (Å²) in [5, 5.41) is 2.93. The molecule has 1 amide bonds. The van der Waals surface area contributed by atoms with Gasteiger partial charge in [-0.3, -0.25) is 4.79 Å². The van der Waals surface area contributed by atoms with Gasteiger partial charge in [0.05, 0.1) is 13.0 Å². The largest absolute Gasteiger partial charge is 0.466 e. The number of amides is 1. The first-order chi connectivity index (χ1) is 15.3. The standard InChI is InChI=1S/C26H42N2O4/c1-6-23(20(3)18-28(4)5)21-12-11-13-22(16-21)32-25(30)27-19-26(14-9-8-10-15-26)17-24(29)31-7-2/h11-13,16,20,23H,6-10,14-15,17-19H2,1-5H3,(H,27,30)/t20-,23-/m0/s1. The van der Waals surface area contributed by atoms with Crippen LogP contribution in [0.1, 0.15) is 77.2 Å². The molecule has 0 heterocycles. The molecular weight excluding hydrogens is 404 g/mol. The van der Waals surface area contributed by atoms with Crippen LogP contribution in [0.15, 0.2) is 24.3 Å². The van der Waals surface area contributed by atoms with Crippen LogP contribution < -0.4 is 10.1 Å². The van der Waals surface area contributed by atoms with E-state index in [-0.39, 0.29) is 11.4 Å². The van der Waals surface area contributed by atoms with Crippen molar-refractivity contribution >= 4 is 12.1 Å². The van der Waals surface area contributed by atoms with Crippen molar-refractivity contribution < 1.29 is 19.1 Å². The summed E-state index contributed by atoms with van der Waals surface area (Å²) in [6.07, 6.45) is 6.06. The van der Waals surface area contributed by atoms with E-state index in [4.69, 9.17) is 9.47 Å². The van der Waals surface area contributed by atoms with Crippen molar-refractivity contribution in [2.24, 2.45) is 11.3 Å². The molecule has 6 heteroatoms. The number of esters is 1. The number of hydrogen-bond acceptors (Lipinski definition) is 5. The van der Waals surface area contributed by atoms with E-state index in [1.54, 1.807) is 0 Å². The molecule has 180 valence electrons. The van der Waals surface area contributed by atoms with Gasteiger partial charge in [0.15, 0.2) is 0 Å². The lowest BCUT2D eigenvalue weighted by Crippen LogP contribution is -2.41. The molecule has 1 N–H and O–H groups in total. The summed E-state index contributed by atoms with van der Waals surface area (Å²) in [4.78, 5) is 26.9. The Morgan fingerprint density at radius 2 is 1.88 bits per heavy atom. The predicted octanol–water partition coefficient (Wildman–Crippen LogP) is 5.37. The van der Waals surface area contributed by atoms with Gasteiger partial charge in [-0.2, -0.15) is 0 Å². The molecule has 0 spiro atoms. The third kappa shape index (κ3) is 8.12. The summed E-state index contributed by atoms with van der Waals surface area (Å²) < 4.78 is 10.8. The van der Waals surface area contributed by atoms with Crippen molar-refractivity contribution in [1.29, 1.82) is 0 Å². The maximum Gasteiger partial charge on any atom is 0.412 e. The topological polar surface area (TPSA) is 67.9 Å². The van der Waals surface area contributed by atoms with Crippen molar-refractivity contribution in [3.05, 3.63) is 29.8 Å². The number of hydrogen-bond donors (Lipinski definition) is 1. The predicted molar refractivity (Wildman–Crippen MR) is 128 cm³/mol. The molecule has 0 unspecified atom stereocenters. The highest BCUT2D eigenvalue weighted by atomic mass is 16.6. The quantitative estimate of drug-likeness (QED) is 0.463. The lowest BCUT2D eigenvalue weighted by Gasteiger charge is -2.36. The van der Waals surface area contributed by atoms with Gasteiger partial charge in [0.2, 0.25) is 0 Å². The van der Waals surface area contributed by atoms with Crippen molar-refractivity contribution in [2.75, 3.05) is 33.8 Å². The summed E-state index contributed by atoms with van der Waals surface area (Å²) in [6.45, 7) is 8.10. The van der Waals surface area contributed by atoms with Crippen LogP contribution in [0.2, 0.25) is 0 Å². The number of nitrogens with zero attached hydrogens (tertiary/aromatic N) is 1. The van der Waals surface area contributed by atoms with Crippen molar-refractivity contribution in [2.45, 2.75) is 71.6 Å². The molecule has 1 fully saturated rings. The first kappa shape index (κ1) is 26.2. The number of carbonyl (C=O) groups is 2. The number of benzene rings is 1. The molecule has 2 atom stereocenters. The number of rotatable bonds is 11. The maximum atomic E-state index is 12.6. The number of nitrogens with one attached hydrogen (secondary N) is 1. The molecular formula is C26H42N2O4. The smallest absolute Gasteiger partial charge is 0.412 e. The van der Waals surface area contributed by atoms with Gasteiger partial charge in [0.1, 0.15) is 5.75 Å². The monoisotopic (exact) mass is 446 g/mol. The molecule has 1 saturated carbocycles. The molecule has 1 aromatic rings. The second-order valence-corrected chi connectivity index (χ2v) is 9.61. The minimum absolute atomic E-state index is 0.185. The Kier molecular flexibility index (Phi) is 10.5. The molecule has 32 heavy (non-hydrogen) atoms. The van der Waals surface area contributed by atoms with Crippen LogP contribution in [-0.4, -0.2) is 50.8 Å². The Morgan fingerprint density at radius 1 is 1.16 bits per heavy atom. The number of carbonyl (C=O) groups excluding carboxylic acids is 2. The van der Waals surface area contributed by atoms with Gasteiger partial charge in [-0.05, 0) is 75.2 Å². The first-order valence-corrected chi connectivity index (χ1v) is 12.1. The molecule has 0 aliphatic heterocycles. The third-order valence-electron chi connectivity index (χ3n) is 6.62. The zero-order valence-electron chi connectivity index (χ0n) is 20.6. The molecule has 0 radical (unpaired) electrons. The van der Waals surface area contributed by atoms with Gasteiger partial charge < -0.3 is 19.7 Å². The van der Waals surface area contributed by atoms with Gasteiger partial charge >= 0.3 is 12.1 Å². The fourth-order valence-corrected chi connectivity index (χ4v) is 5.12. The van der Waals surface area contributed by atoms with E-state index in [9.17, 15) is 9.59 Å². The molecule has 1 aliphatic carbocycles. The van der Waals surface area contributed by atoms with Crippen molar-refractivity contribution in [1.82, 2.24) is 10.2 Å². The van der Waals surface area contributed by atoms with E-state index in [1.165, 1.54) is 12.0 Å². The van der Waals surface area contributed by atoms with Gasteiger partial charge in [0.25, 0.3) is 0 Å². The maximum absolute atomic E-state index is 12.6. The summed E-state index contributed by atoms with van der Waals surface area (Å²) in [5.74, 6) is 1.26. The Balaban J connectivity index is 1.99. The Labute approximate surface area is 194 Å². The van der Waals surface area contributed by atoms with E-state index in [0.29, 0.717) is 37.2 Å². The first-order valence-electron chi connectivity index (χ1n) is 12.1. The van der Waals surface area contributed by atoms with E-state index in [0.717, 1.165) is 38.6 Å². The SMILES string of the molecule is CCOC(=O)CC1(CNC(=O)Oc2cccc([C@@H](CC)[C@@H](C)CN(C)C)c2)CCCCC1. The van der Waals surface area contributed by atoms with Gasteiger partial charge in [-0.1, -0.05) is 45.2 Å². The van der Waals surface area contributed by atoms with E-state index in [2.05, 4.69) is 44.2 Å². The highest BCUT2D eigenvalue weighted by Gasteiger charge is 2.35. The minimum atomic E-state index is -0.467. The van der Waals surface area contributed by atoms with Crippen LogP contribution in [0.3, 0.4) is 0 Å². The van der Waals surface area contributed by atoms with Crippen LogP contribution in [0.25, 0.3) is 0 Å². The third-order valence-corrected chi connectivity index (χ3v) is 6.62. The second kappa shape index (κ2) is 12.8. The summed E-state index contributed by atoms with van der Waals surface area (Å²) in [7, 11) is 4.18. The minimum Gasteiger partial charge on any atom is -0.466 e. The lowest BCUT2D eigenvalue weighted by molar-refractivity contribution is -0.146. The fraction of sp³-hybridized carbons (Fsp3) is 0.692. The van der Waals surface area contributed by atoms with Crippen LogP contribution in [-0.2, 0) is 9.53 Å². The zero-order valence-corrected chi connectivity index (χ0v) is 20.6. The van der Waals surface area contributed by atoms with Gasteiger partial charge in [-0.25, -0.2) is 4.79 Å². The Hall–Kier alpha value is -2.08. The molecule has 2 rings (SSSR count).